The first-order valence-corrected chi connectivity index (χ1v) is 9.50. The van der Waals surface area contributed by atoms with Crippen molar-refractivity contribution in [1.82, 2.24) is 20.4 Å². The van der Waals surface area contributed by atoms with Gasteiger partial charge in [-0.2, -0.15) is 0 Å². The lowest BCUT2D eigenvalue weighted by molar-refractivity contribution is -0.113. The molecule has 0 atom stereocenters. The highest BCUT2D eigenvalue weighted by Crippen LogP contribution is 2.36. The summed E-state index contributed by atoms with van der Waals surface area (Å²) in [7, 11) is 0. The van der Waals surface area contributed by atoms with Crippen molar-refractivity contribution in [1.29, 1.82) is 0 Å². The van der Waals surface area contributed by atoms with Crippen LogP contribution in [0.2, 0.25) is 0 Å². The molecule has 1 aliphatic heterocycles. The van der Waals surface area contributed by atoms with Gasteiger partial charge in [-0.3, -0.25) is 10.1 Å². The van der Waals surface area contributed by atoms with Gasteiger partial charge < -0.3 is 13.9 Å². The van der Waals surface area contributed by atoms with Crippen LogP contribution in [0, 0.1) is 0 Å². The van der Waals surface area contributed by atoms with Crippen molar-refractivity contribution in [3.63, 3.8) is 0 Å². The standard InChI is InChI=1S/C15H13N5O4S2/c1-2-12-17-19-14(26-12)16-11(21)6-25-15-20-18-13(24-15)8-3-4-9-10(5-8)23-7-22-9/h3-5H,2,6-7H2,1H3,(H,16,19,21). The van der Waals surface area contributed by atoms with Crippen molar-refractivity contribution in [3.8, 4) is 23.0 Å². The van der Waals surface area contributed by atoms with Crippen molar-refractivity contribution in [2.75, 3.05) is 17.9 Å². The van der Waals surface area contributed by atoms with Crippen molar-refractivity contribution in [3.05, 3.63) is 23.2 Å². The number of aryl methyl sites for hydroxylation is 1. The number of carbonyl (C=O) groups is 1. The van der Waals surface area contributed by atoms with Crippen LogP contribution in [0.4, 0.5) is 5.13 Å². The molecule has 1 aliphatic rings. The molecule has 9 nitrogen and oxygen atoms in total. The molecule has 134 valence electrons. The van der Waals surface area contributed by atoms with E-state index in [4.69, 9.17) is 13.9 Å². The predicted octanol–water partition coefficient (Wildman–Crippen LogP) is 2.61. The Bertz CT molecular complexity index is 942. The molecule has 2 aromatic heterocycles. The lowest BCUT2D eigenvalue weighted by atomic mass is 10.2. The Morgan fingerprint density at radius 1 is 1.23 bits per heavy atom. The summed E-state index contributed by atoms with van der Waals surface area (Å²) in [4.78, 5) is 12.0. The number of nitrogens with one attached hydrogen (secondary N) is 1. The summed E-state index contributed by atoms with van der Waals surface area (Å²) in [5.41, 5.74) is 0.721. The van der Waals surface area contributed by atoms with Gasteiger partial charge in [0.25, 0.3) is 5.22 Å². The molecule has 1 amide bonds. The van der Waals surface area contributed by atoms with E-state index in [0.717, 1.165) is 28.8 Å². The molecule has 0 unspecified atom stereocenters. The fourth-order valence-electron chi connectivity index (χ4n) is 2.14. The van der Waals surface area contributed by atoms with E-state index in [9.17, 15) is 4.79 Å². The molecule has 3 aromatic rings. The zero-order valence-electron chi connectivity index (χ0n) is 13.6. The lowest BCUT2D eigenvalue weighted by Gasteiger charge is -1.99. The van der Waals surface area contributed by atoms with Gasteiger partial charge in [0.1, 0.15) is 5.01 Å². The molecule has 0 spiro atoms. The number of aromatic nitrogens is 4. The van der Waals surface area contributed by atoms with Crippen LogP contribution >= 0.6 is 23.1 Å². The highest BCUT2D eigenvalue weighted by Gasteiger charge is 2.17. The van der Waals surface area contributed by atoms with Gasteiger partial charge in [0.05, 0.1) is 5.75 Å². The second kappa shape index (κ2) is 7.30. The topological polar surface area (TPSA) is 112 Å². The Hall–Kier alpha value is -2.66. The summed E-state index contributed by atoms with van der Waals surface area (Å²) in [5, 5.41) is 20.2. The maximum atomic E-state index is 12.0. The molecule has 0 saturated heterocycles. The van der Waals surface area contributed by atoms with E-state index in [1.165, 1.54) is 11.3 Å². The number of benzene rings is 1. The number of fused-ring (bicyclic) bond motifs is 1. The minimum absolute atomic E-state index is 0.129. The van der Waals surface area contributed by atoms with Crippen molar-refractivity contribution in [2.45, 2.75) is 18.6 Å². The second-order valence-electron chi connectivity index (χ2n) is 5.13. The molecule has 11 heteroatoms. The normalized spacial score (nSPS) is 12.3. The molecule has 4 rings (SSSR count). The van der Waals surface area contributed by atoms with E-state index >= 15 is 0 Å². The quantitative estimate of drug-likeness (QED) is 0.634. The smallest absolute Gasteiger partial charge is 0.277 e. The fraction of sp³-hybridized carbons (Fsp3) is 0.267. The van der Waals surface area contributed by atoms with Gasteiger partial charge in [0.2, 0.25) is 23.7 Å². The number of carbonyl (C=O) groups excluding carboxylic acids is 1. The summed E-state index contributed by atoms with van der Waals surface area (Å²) in [5.74, 6) is 1.59. The van der Waals surface area contributed by atoms with Gasteiger partial charge in [0, 0.05) is 5.56 Å². The molecule has 0 saturated carbocycles. The van der Waals surface area contributed by atoms with E-state index < -0.39 is 0 Å². The first kappa shape index (κ1) is 16.8. The van der Waals surface area contributed by atoms with Crippen LogP contribution in [0.3, 0.4) is 0 Å². The summed E-state index contributed by atoms with van der Waals surface area (Å²) < 4.78 is 16.2. The van der Waals surface area contributed by atoms with E-state index in [0.29, 0.717) is 27.7 Å². The lowest BCUT2D eigenvalue weighted by Crippen LogP contribution is -2.13. The fourth-order valence-corrected chi connectivity index (χ4v) is 3.40. The third-order valence-corrected chi connectivity index (χ3v) is 5.17. The number of thioether (sulfide) groups is 1. The Labute approximate surface area is 156 Å². The Kier molecular flexibility index (Phi) is 4.71. The van der Waals surface area contributed by atoms with Crippen LogP contribution in [0.5, 0.6) is 11.5 Å². The van der Waals surface area contributed by atoms with E-state index in [2.05, 4.69) is 25.7 Å². The summed E-state index contributed by atoms with van der Waals surface area (Å²) in [6.45, 7) is 2.18. The highest BCUT2D eigenvalue weighted by atomic mass is 32.2. The van der Waals surface area contributed by atoms with Crippen LogP contribution in [0.15, 0.2) is 27.8 Å². The molecular weight excluding hydrogens is 378 g/mol. The molecular formula is C15H13N5O4S2. The maximum Gasteiger partial charge on any atom is 0.277 e. The number of hydrogen-bond acceptors (Lipinski definition) is 10. The van der Waals surface area contributed by atoms with Gasteiger partial charge in [-0.1, -0.05) is 30.0 Å². The summed E-state index contributed by atoms with van der Waals surface area (Å²) in [6, 6.07) is 5.37. The SMILES string of the molecule is CCc1nnc(NC(=O)CSc2nnc(-c3ccc4c(c3)OCO4)o2)s1. The van der Waals surface area contributed by atoms with Crippen molar-refractivity contribution in [2.24, 2.45) is 0 Å². The highest BCUT2D eigenvalue weighted by molar-refractivity contribution is 7.99. The maximum absolute atomic E-state index is 12.0. The van der Waals surface area contributed by atoms with Crippen LogP contribution < -0.4 is 14.8 Å². The van der Waals surface area contributed by atoms with Gasteiger partial charge in [0.15, 0.2) is 11.5 Å². The van der Waals surface area contributed by atoms with E-state index in [1.54, 1.807) is 12.1 Å². The van der Waals surface area contributed by atoms with Crippen LogP contribution in [-0.2, 0) is 11.2 Å². The Morgan fingerprint density at radius 3 is 2.96 bits per heavy atom. The van der Waals surface area contributed by atoms with Gasteiger partial charge in [-0.05, 0) is 24.6 Å². The Morgan fingerprint density at radius 2 is 2.12 bits per heavy atom. The van der Waals surface area contributed by atoms with E-state index in [1.807, 2.05) is 13.0 Å². The average molecular weight is 391 g/mol. The Balaban J connectivity index is 1.35. The zero-order valence-corrected chi connectivity index (χ0v) is 15.2. The minimum Gasteiger partial charge on any atom is -0.454 e. The number of hydrogen-bond donors (Lipinski definition) is 1. The molecule has 1 aromatic carbocycles. The molecule has 0 aliphatic carbocycles. The van der Waals surface area contributed by atoms with Crippen molar-refractivity contribution < 1.29 is 18.7 Å². The molecule has 0 radical (unpaired) electrons. The van der Waals surface area contributed by atoms with Gasteiger partial charge in [-0.25, -0.2) is 0 Å². The van der Waals surface area contributed by atoms with Gasteiger partial charge in [-0.15, -0.1) is 20.4 Å². The van der Waals surface area contributed by atoms with Crippen LogP contribution in [0.1, 0.15) is 11.9 Å². The molecule has 26 heavy (non-hydrogen) atoms. The number of rotatable bonds is 6. The summed E-state index contributed by atoms with van der Waals surface area (Å²) in [6.07, 6.45) is 0.785. The molecule has 3 heterocycles. The number of anilines is 1. The minimum atomic E-state index is -0.211. The predicted molar refractivity (Wildman–Crippen MR) is 94.5 cm³/mol. The molecule has 0 bridgehead atoms. The third kappa shape index (κ3) is 3.63. The molecule has 1 N–H and O–H groups in total. The third-order valence-electron chi connectivity index (χ3n) is 3.37. The van der Waals surface area contributed by atoms with Crippen LogP contribution in [0.25, 0.3) is 11.5 Å². The average Bonchev–Trinajstić information content (AvgIpc) is 3.39. The number of ether oxygens (including phenoxy) is 2. The first-order valence-electron chi connectivity index (χ1n) is 7.70. The second-order valence-corrected chi connectivity index (χ2v) is 7.12. The zero-order chi connectivity index (χ0) is 17.9. The largest absolute Gasteiger partial charge is 0.454 e. The van der Waals surface area contributed by atoms with Crippen LogP contribution in [-0.4, -0.2) is 38.8 Å². The number of amides is 1. The summed E-state index contributed by atoms with van der Waals surface area (Å²) >= 11 is 2.51. The van der Waals surface area contributed by atoms with E-state index in [-0.39, 0.29) is 18.5 Å². The van der Waals surface area contributed by atoms with Gasteiger partial charge >= 0.3 is 0 Å². The molecule has 0 fully saturated rings. The monoisotopic (exact) mass is 391 g/mol. The first-order chi connectivity index (χ1) is 12.7. The number of nitrogens with zero attached hydrogens (tertiary/aromatic N) is 4. The van der Waals surface area contributed by atoms with Crippen molar-refractivity contribution >= 4 is 34.1 Å².